The first-order chi connectivity index (χ1) is 13.0. The molecular weight excluding hydrogens is 346 g/mol. The summed E-state index contributed by atoms with van der Waals surface area (Å²) in [5.41, 5.74) is 1.23. The molecule has 1 saturated heterocycles. The van der Waals surface area contributed by atoms with Gasteiger partial charge in [-0.2, -0.15) is 0 Å². The number of nitrogens with zero attached hydrogens (tertiary/aromatic N) is 1. The molecule has 2 aliphatic rings. The first-order valence-corrected chi connectivity index (χ1v) is 9.56. The second-order valence-electron chi connectivity index (χ2n) is 7.24. The van der Waals surface area contributed by atoms with E-state index in [-0.39, 0.29) is 11.8 Å². The number of carbonyl (C=O) groups excluding carboxylic acids is 3. The summed E-state index contributed by atoms with van der Waals surface area (Å²) >= 11 is 0. The van der Waals surface area contributed by atoms with Gasteiger partial charge in [0, 0.05) is 13.2 Å². The van der Waals surface area contributed by atoms with Gasteiger partial charge in [-0.3, -0.25) is 9.59 Å². The average Bonchev–Trinajstić information content (AvgIpc) is 3.23. The number of hydrogen-bond acceptors (Lipinski definition) is 4. The number of hydrogen-bond donors (Lipinski definition) is 2. The summed E-state index contributed by atoms with van der Waals surface area (Å²) in [6.45, 7) is 5.11. The van der Waals surface area contributed by atoms with Crippen molar-refractivity contribution in [2.75, 3.05) is 6.61 Å². The molecule has 2 N–H and O–H groups in total. The molecule has 7 nitrogen and oxygen atoms in total. The highest BCUT2D eigenvalue weighted by Gasteiger charge is 2.54. The fourth-order valence-electron chi connectivity index (χ4n) is 3.74. The molecule has 0 radical (unpaired) electrons. The van der Waals surface area contributed by atoms with Crippen LogP contribution in [-0.4, -0.2) is 40.9 Å². The summed E-state index contributed by atoms with van der Waals surface area (Å²) in [7, 11) is 0. The largest absolute Gasteiger partial charge is 0.377 e. The van der Waals surface area contributed by atoms with E-state index in [0.29, 0.717) is 32.6 Å². The second kappa shape index (κ2) is 8.08. The molecule has 1 aliphatic heterocycles. The van der Waals surface area contributed by atoms with Crippen LogP contribution in [-0.2, 0) is 27.5 Å². The fraction of sp³-hybridized carbons (Fsp3) is 0.550. The minimum atomic E-state index is -0.838. The van der Waals surface area contributed by atoms with Crippen molar-refractivity contribution in [3.8, 4) is 0 Å². The van der Waals surface area contributed by atoms with Gasteiger partial charge in [-0.15, -0.1) is 0 Å². The molecule has 2 fully saturated rings. The van der Waals surface area contributed by atoms with Crippen LogP contribution in [0.3, 0.4) is 0 Å². The molecule has 1 unspecified atom stereocenters. The third-order valence-corrected chi connectivity index (χ3v) is 5.38. The van der Waals surface area contributed by atoms with Crippen LogP contribution >= 0.6 is 0 Å². The molecule has 1 spiro atoms. The van der Waals surface area contributed by atoms with Gasteiger partial charge in [-0.1, -0.05) is 37.1 Å². The summed E-state index contributed by atoms with van der Waals surface area (Å²) < 4.78 is 5.36. The number of ether oxygens (including phenoxy) is 1. The van der Waals surface area contributed by atoms with E-state index in [1.54, 1.807) is 6.92 Å². The van der Waals surface area contributed by atoms with Gasteiger partial charge in [-0.25, -0.2) is 9.69 Å². The highest BCUT2D eigenvalue weighted by Crippen LogP contribution is 2.35. The van der Waals surface area contributed by atoms with Crippen LogP contribution in [0.1, 0.15) is 50.7 Å². The Hall–Kier alpha value is -2.41. The maximum absolute atomic E-state index is 12.7. The van der Waals surface area contributed by atoms with Crippen molar-refractivity contribution in [1.82, 2.24) is 15.5 Å². The molecule has 3 rings (SSSR count). The van der Waals surface area contributed by atoms with Gasteiger partial charge in [0.2, 0.25) is 5.91 Å². The Morgan fingerprint density at radius 3 is 2.48 bits per heavy atom. The van der Waals surface area contributed by atoms with Crippen molar-refractivity contribution < 1.29 is 19.1 Å². The van der Waals surface area contributed by atoms with E-state index >= 15 is 0 Å². The summed E-state index contributed by atoms with van der Waals surface area (Å²) in [6, 6.07) is 6.48. The lowest BCUT2D eigenvalue weighted by atomic mass is 9.97. The van der Waals surface area contributed by atoms with Gasteiger partial charge in [0.1, 0.15) is 11.6 Å². The molecule has 146 valence electrons. The first-order valence-electron chi connectivity index (χ1n) is 9.56. The van der Waals surface area contributed by atoms with Gasteiger partial charge in [0.25, 0.3) is 5.91 Å². The molecule has 1 aromatic carbocycles. The lowest BCUT2D eigenvalue weighted by Gasteiger charge is -2.23. The van der Waals surface area contributed by atoms with Gasteiger partial charge in [-0.05, 0) is 37.8 Å². The molecule has 27 heavy (non-hydrogen) atoms. The third kappa shape index (κ3) is 3.98. The first kappa shape index (κ1) is 19.4. The van der Waals surface area contributed by atoms with E-state index in [2.05, 4.69) is 10.6 Å². The SMILES string of the molecule is CCOCc1ccc(CNC(=O)C(C)N2C(=O)NC3(CCCC3)C2=O)cc1. The number of rotatable bonds is 7. The van der Waals surface area contributed by atoms with Crippen LogP contribution < -0.4 is 10.6 Å². The molecule has 1 aromatic rings. The number of benzene rings is 1. The molecule has 0 bridgehead atoms. The minimum Gasteiger partial charge on any atom is -0.377 e. The monoisotopic (exact) mass is 373 g/mol. The highest BCUT2D eigenvalue weighted by atomic mass is 16.5. The van der Waals surface area contributed by atoms with Crippen molar-refractivity contribution in [2.24, 2.45) is 0 Å². The number of carbonyl (C=O) groups is 3. The van der Waals surface area contributed by atoms with Crippen LogP contribution in [0, 0.1) is 0 Å². The predicted molar refractivity (Wildman–Crippen MR) is 99.7 cm³/mol. The topological polar surface area (TPSA) is 87.7 Å². The zero-order valence-electron chi connectivity index (χ0n) is 15.9. The maximum Gasteiger partial charge on any atom is 0.325 e. The zero-order chi connectivity index (χ0) is 19.4. The fourth-order valence-corrected chi connectivity index (χ4v) is 3.74. The van der Waals surface area contributed by atoms with Gasteiger partial charge < -0.3 is 15.4 Å². The molecular formula is C20H27N3O4. The summed E-state index contributed by atoms with van der Waals surface area (Å²) in [5.74, 6) is -0.611. The number of imide groups is 1. The number of amides is 4. The summed E-state index contributed by atoms with van der Waals surface area (Å²) in [5, 5.41) is 5.62. The smallest absolute Gasteiger partial charge is 0.325 e. The Morgan fingerprint density at radius 1 is 1.22 bits per heavy atom. The van der Waals surface area contributed by atoms with E-state index in [9.17, 15) is 14.4 Å². The average molecular weight is 373 g/mol. The maximum atomic E-state index is 12.7. The Balaban J connectivity index is 1.56. The molecule has 1 heterocycles. The predicted octanol–water partition coefficient (Wildman–Crippen LogP) is 2.09. The molecule has 7 heteroatoms. The van der Waals surface area contributed by atoms with Crippen molar-refractivity contribution in [1.29, 1.82) is 0 Å². The van der Waals surface area contributed by atoms with Gasteiger partial charge >= 0.3 is 6.03 Å². The number of urea groups is 1. The normalized spacial score (nSPS) is 19.4. The number of nitrogens with one attached hydrogen (secondary N) is 2. The van der Waals surface area contributed by atoms with E-state index in [4.69, 9.17) is 4.74 Å². The van der Waals surface area contributed by atoms with Crippen molar-refractivity contribution in [2.45, 2.75) is 64.3 Å². The Labute approximate surface area is 159 Å². The van der Waals surface area contributed by atoms with Crippen molar-refractivity contribution in [3.63, 3.8) is 0 Å². The molecule has 1 aliphatic carbocycles. The van der Waals surface area contributed by atoms with E-state index in [0.717, 1.165) is 28.9 Å². The van der Waals surface area contributed by atoms with Crippen LogP contribution in [0.5, 0.6) is 0 Å². The molecule has 0 aromatic heterocycles. The van der Waals surface area contributed by atoms with Crippen LogP contribution in [0.4, 0.5) is 4.79 Å². The van der Waals surface area contributed by atoms with Crippen LogP contribution in [0.2, 0.25) is 0 Å². The minimum absolute atomic E-state index is 0.270. The summed E-state index contributed by atoms with van der Waals surface area (Å²) in [4.78, 5) is 38.6. The molecule has 1 saturated carbocycles. The van der Waals surface area contributed by atoms with E-state index < -0.39 is 17.6 Å². The highest BCUT2D eigenvalue weighted by molar-refractivity contribution is 6.09. The molecule has 4 amide bonds. The van der Waals surface area contributed by atoms with Crippen molar-refractivity contribution >= 4 is 17.8 Å². The zero-order valence-corrected chi connectivity index (χ0v) is 15.9. The summed E-state index contributed by atoms with van der Waals surface area (Å²) in [6.07, 6.45) is 3.13. The third-order valence-electron chi connectivity index (χ3n) is 5.38. The molecule has 1 atom stereocenters. The quantitative estimate of drug-likeness (QED) is 0.717. The van der Waals surface area contributed by atoms with Crippen molar-refractivity contribution in [3.05, 3.63) is 35.4 Å². The van der Waals surface area contributed by atoms with Crippen LogP contribution in [0.15, 0.2) is 24.3 Å². The van der Waals surface area contributed by atoms with Crippen LogP contribution in [0.25, 0.3) is 0 Å². The lowest BCUT2D eigenvalue weighted by Crippen LogP contribution is -2.49. The van der Waals surface area contributed by atoms with Gasteiger partial charge in [0.05, 0.1) is 6.61 Å². The van der Waals surface area contributed by atoms with Gasteiger partial charge in [0.15, 0.2) is 0 Å². The Bertz CT molecular complexity index is 710. The Kier molecular flexibility index (Phi) is 5.79. The van der Waals surface area contributed by atoms with E-state index in [1.807, 2.05) is 31.2 Å². The lowest BCUT2D eigenvalue weighted by molar-refractivity contribution is -0.137. The standard InChI is InChI=1S/C20H27N3O4/c1-3-27-13-16-8-6-15(7-9-16)12-21-17(24)14(2)23-18(25)20(22-19(23)26)10-4-5-11-20/h6-9,14H,3-5,10-13H2,1-2H3,(H,21,24)(H,22,26). The van der Waals surface area contributed by atoms with E-state index in [1.165, 1.54) is 0 Å². The Morgan fingerprint density at radius 2 is 1.85 bits per heavy atom. The second-order valence-corrected chi connectivity index (χ2v) is 7.24.